The van der Waals surface area contributed by atoms with E-state index in [9.17, 15) is 39.6 Å². The van der Waals surface area contributed by atoms with Crippen LogP contribution in [0.25, 0.3) is 0 Å². The van der Waals surface area contributed by atoms with Gasteiger partial charge in [-0.2, -0.15) is 0 Å². The van der Waals surface area contributed by atoms with Gasteiger partial charge in [-0.15, -0.1) is 0 Å². The molecule has 296 valence electrons. The second-order valence-corrected chi connectivity index (χ2v) is 14.4. The summed E-state index contributed by atoms with van der Waals surface area (Å²) >= 11 is 0. The Kier molecular flexibility index (Phi) is 14.2. The zero-order valence-electron chi connectivity index (χ0n) is 33.0. The van der Waals surface area contributed by atoms with Gasteiger partial charge in [-0.05, 0) is 33.8 Å². The number of hydrogen-bond donors (Lipinski definition) is 5. The van der Waals surface area contributed by atoms with Crippen LogP contribution in [0.15, 0.2) is 52.6 Å². The van der Waals surface area contributed by atoms with Crippen molar-refractivity contribution in [3.05, 3.63) is 69.8 Å². The highest BCUT2D eigenvalue weighted by atomic mass is 16.5. The number of esters is 1. The van der Waals surface area contributed by atoms with Crippen LogP contribution >= 0.6 is 0 Å². The average Bonchev–Trinajstić information content (AvgIpc) is 3.37. The zero-order chi connectivity index (χ0) is 41.0. The smallest absolute Gasteiger partial charge is 0.302 e. The fourth-order valence-electron chi connectivity index (χ4n) is 6.99. The minimum Gasteiger partial charge on any atom is -0.516 e. The second-order valence-electron chi connectivity index (χ2n) is 14.4. The molecule has 1 heterocycles. The number of methoxy groups -OCH3 is 2. The van der Waals surface area contributed by atoms with Crippen LogP contribution in [0.2, 0.25) is 0 Å². The predicted octanol–water partition coefficient (Wildman–Crippen LogP) is 4.43. The summed E-state index contributed by atoms with van der Waals surface area (Å²) in [5, 5.41) is 45.5. The number of aromatic hydroxyl groups is 1. The Morgan fingerprint density at radius 2 is 1.57 bits per heavy atom. The van der Waals surface area contributed by atoms with Crippen LogP contribution in [0.1, 0.15) is 87.2 Å². The van der Waals surface area contributed by atoms with E-state index in [1.165, 1.54) is 54.2 Å². The van der Waals surface area contributed by atoms with Crippen LogP contribution in [0.5, 0.6) is 11.5 Å². The van der Waals surface area contributed by atoms with Gasteiger partial charge in [0, 0.05) is 61.5 Å². The van der Waals surface area contributed by atoms with E-state index in [2.05, 4.69) is 10.3 Å². The molecule has 0 bridgehead atoms. The lowest BCUT2D eigenvalue weighted by atomic mass is 9.78. The van der Waals surface area contributed by atoms with Gasteiger partial charge in [-0.3, -0.25) is 24.2 Å². The Labute approximate surface area is 316 Å². The Morgan fingerprint density at radius 3 is 2.11 bits per heavy atom. The quantitative estimate of drug-likeness (QED) is 0.0729. The fraction of sp³-hybridized carbons (Fsp3) is 0.525. The summed E-state index contributed by atoms with van der Waals surface area (Å²) in [4.78, 5) is 57.0. The summed E-state index contributed by atoms with van der Waals surface area (Å²) in [6, 6.07) is 0. The van der Waals surface area contributed by atoms with E-state index in [1.54, 1.807) is 53.7 Å². The molecule has 0 saturated heterocycles. The number of hydrogen-bond acceptors (Lipinski definition) is 13. The third kappa shape index (κ3) is 8.45. The standard InChI is InChI=1S/C40H54N2O12/c1-18(31(45)21(4)32(46)22(5)35(53-24(7)44)20(3)25(51-11)16-17-43)14-13-15-19(2)39(50)42-30-34(48)27-26(29(41-10)37(30)52-12)28-36(23(6)33(27)47)54-40(8,9)38(28)49/h13-18,20-22,25,31-32,35,43,45-47H,1-12H3,(H,42,50)/b14-13+,17-16+,19-15-,41-29?/t18-,20+,21+,22+,25-,31-,32+,35+/m0/s1. The van der Waals surface area contributed by atoms with Gasteiger partial charge < -0.3 is 44.7 Å². The number of rotatable bonds is 15. The summed E-state index contributed by atoms with van der Waals surface area (Å²) in [6.45, 7) is 14.4. The van der Waals surface area contributed by atoms with Crippen molar-refractivity contribution < 1.29 is 58.6 Å². The number of aliphatic hydroxyl groups excluding tert-OH is 3. The maximum atomic E-state index is 14.0. The van der Waals surface area contributed by atoms with E-state index in [0.717, 1.165) is 6.26 Å². The van der Waals surface area contributed by atoms with E-state index >= 15 is 0 Å². The number of phenols is 1. The van der Waals surface area contributed by atoms with Crippen LogP contribution in [-0.2, 0) is 23.8 Å². The number of ketones is 2. The van der Waals surface area contributed by atoms with Gasteiger partial charge in [-0.25, -0.2) is 0 Å². The van der Waals surface area contributed by atoms with E-state index in [0.29, 0.717) is 0 Å². The molecule has 14 nitrogen and oxygen atoms in total. The first-order valence-electron chi connectivity index (χ1n) is 17.7. The monoisotopic (exact) mass is 754 g/mol. The second kappa shape index (κ2) is 17.6. The molecule has 0 unspecified atom stereocenters. The number of phenolic OH excluding ortho intramolecular Hbond substituents is 1. The Bertz CT molecular complexity index is 1800. The first-order chi connectivity index (χ1) is 25.2. The summed E-state index contributed by atoms with van der Waals surface area (Å²) in [5.74, 6) is -5.03. The summed E-state index contributed by atoms with van der Waals surface area (Å²) < 4.78 is 22.4. The molecule has 1 aliphatic carbocycles. The number of aliphatic hydroxyl groups is 3. The lowest BCUT2D eigenvalue weighted by molar-refractivity contribution is -0.160. The molecule has 3 rings (SSSR count). The molecule has 54 heavy (non-hydrogen) atoms. The summed E-state index contributed by atoms with van der Waals surface area (Å²) in [7, 11) is 4.17. The van der Waals surface area contributed by atoms with Gasteiger partial charge in [0.1, 0.15) is 29.0 Å². The molecule has 8 atom stereocenters. The largest absolute Gasteiger partial charge is 0.516 e. The number of allylic oxidation sites excluding steroid dienone is 4. The fourth-order valence-corrected chi connectivity index (χ4v) is 6.99. The number of carbonyl (C=O) groups is 4. The normalized spacial score (nSPS) is 20.9. The van der Waals surface area contributed by atoms with Crippen molar-refractivity contribution >= 4 is 29.2 Å². The Morgan fingerprint density at radius 1 is 0.944 bits per heavy atom. The molecule has 0 saturated carbocycles. The molecule has 0 aromatic heterocycles. The molecule has 14 heteroatoms. The van der Waals surface area contributed by atoms with E-state index < -0.39 is 82.9 Å². The first kappa shape index (κ1) is 43.6. The van der Waals surface area contributed by atoms with Crippen molar-refractivity contribution in [1.29, 1.82) is 0 Å². The zero-order valence-corrected chi connectivity index (χ0v) is 33.0. The number of carbonyl (C=O) groups excluding carboxylic acids is 4. The van der Waals surface area contributed by atoms with Crippen LogP contribution < -0.4 is 10.1 Å². The van der Waals surface area contributed by atoms with Crippen molar-refractivity contribution in [2.45, 2.75) is 92.3 Å². The Balaban J connectivity index is 1.83. The average molecular weight is 755 g/mol. The molecule has 0 spiro atoms. The highest BCUT2D eigenvalue weighted by Crippen LogP contribution is 2.48. The number of benzene rings is 1. The van der Waals surface area contributed by atoms with Crippen LogP contribution in [0.4, 0.5) is 0 Å². The lowest BCUT2D eigenvalue weighted by Crippen LogP contribution is -2.46. The third-order valence-corrected chi connectivity index (χ3v) is 10.3. The lowest BCUT2D eigenvalue weighted by Gasteiger charge is -2.37. The van der Waals surface area contributed by atoms with Crippen molar-refractivity contribution in [3.8, 4) is 11.5 Å². The van der Waals surface area contributed by atoms with Crippen LogP contribution in [-0.4, -0.2) is 101 Å². The number of fused-ring (bicyclic) bond motifs is 3. The molecule has 1 aromatic carbocycles. The SMILES string of the molecule is CN=C1C(OC)=C(NC(=O)/C(C)=C\C=C\[C@H](C)[C@H](O)[C@@H](C)[C@@H](O)[C@@H](C)[C@H](OC(C)=O)[C@H](C)[C@H](/C=C/O)OC)C(=O)c2c(O)c(C)c3c(c21)C(=O)C(C)(C)O3. The molecule has 0 fully saturated rings. The van der Waals surface area contributed by atoms with E-state index in [1.807, 2.05) is 0 Å². The number of nitrogens with one attached hydrogen (secondary N) is 1. The first-order valence-corrected chi connectivity index (χ1v) is 17.7. The molecular formula is C40H54N2O12. The van der Waals surface area contributed by atoms with Gasteiger partial charge in [0.15, 0.2) is 11.4 Å². The number of aliphatic imine (C=N–C) groups is 1. The maximum absolute atomic E-state index is 14.0. The van der Waals surface area contributed by atoms with Gasteiger partial charge in [-0.1, -0.05) is 45.9 Å². The minimum atomic E-state index is -1.25. The molecule has 1 aromatic rings. The number of ether oxygens (including phenoxy) is 4. The van der Waals surface area contributed by atoms with E-state index in [-0.39, 0.29) is 50.7 Å². The molecular weight excluding hydrogens is 700 g/mol. The van der Waals surface area contributed by atoms with Crippen LogP contribution in [0.3, 0.4) is 0 Å². The van der Waals surface area contributed by atoms with Gasteiger partial charge in [0.05, 0.1) is 42.8 Å². The molecule has 1 aliphatic heterocycles. The maximum Gasteiger partial charge on any atom is 0.302 e. The predicted molar refractivity (Wildman–Crippen MR) is 201 cm³/mol. The molecule has 0 radical (unpaired) electrons. The summed E-state index contributed by atoms with van der Waals surface area (Å²) in [6.07, 6.45) is 3.37. The molecule has 2 aliphatic rings. The number of nitrogens with zero attached hydrogens (tertiary/aromatic N) is 1. The number of amides is 1. The summed E-state index contributed by atoms with van der Waals surface area (Å²) in [5.41, 5.74) is -1.12. The highest BCUT2D eigenvalue weighted by Gasteiger charge is 2.48. The Hall–Kier alpha value is -4.79. The number of Topliss-reactive ketones (excluding diaryl/α,β-unsaturated/α-hetero) is 2. The van der Waals surface area contributed by atoms with Crippen LogP contribution in [0, 0.1) is 30.6 Å². The topological polar surface area (TPSA) is 211 Å². The van der Waals surface area contributed by atoms with E-state index in [4.69, 9.17) is 18.9 Å². The van der Waals surface area contributed by atoms with Gasteiger partial charge >= 0.3 is 5.97 Å². The van der Waals surface area contributed by atoms with Crippen molar-refractivity contribution in [1.82, 2.24) is 5.32 Å². The van der Waals surface area contributed by atoms with Gasteiger partial charge in [0.25, 0.3) is 5.91 Å². The molecule has 5 N–H and O–H groups in total. The van der Waals surface area contributed by atoms with Gasteiger partial charge in [0.2, 0.25) is 11.6 Å². The third-order valence-electron chi connectivity index (χ3n) is 10.3. The van der Waals surface area contributed by atoms with Crippen molar-refractivity contribution in [2.24, 2.45) is 28.7 Å². The van der Waals surface area contributed by atoms with Crippen molar-refractivity contribution in [3.63, 3.8) is 0 Å². The highest BCUT2D eigenvalue weighted by molar-refractivity contribution is 6.33. The minimum absolute atomic E-state index is 0.0666. The van der Waals surface area contributed by atoms with Crippen molar-refractivity contribution in [2.75, 3.05) is 21.3 Å². The molecule has 1 amide bonds.